The van der Waals surface area contributed by atoms with Gasteiger partial charge in [-0.2, -0.15) is 0 Å². The predicted molar refractivity (Wildman–Crippen MR) is 93.6 cm³/mol. The Morgan fingerprint density at radius 1 is 1.04 bits per heavy atom. The van der Waals surface area contributed by atoms with Crippen molar-refractivity contribution in [3.8, 4) is 5.75 Å². The highest BCUT2D eigenvalue weighted by Gasteiger charge is 2.17. The van der Waals surface area contributed by atoms with Gasteiger partial charge in [0, 0.05) is 18.5 Å². The summed E-state index contributed by atoms with van der Waals surface area (Å²) < 4.78 is 8.02. The molecule has 0 aliphatic heterocycles. The molecule has 120 valence electrons. The lowest BCUT2D eigenvalue weighted by molar-refractivity contribution is 0.314. The number of fused-ring (bicyclic) bond motifs is 1. The average Bonchev–Trinajstić information content (AvgIpc) is 2.85. The number of ether oxygens (including phenoxy) is 1. The molecule has 2 N–H and O–H groups in total. The molecule has 23 heavy (non-hydrogen) atoms. The summed E-state index contributed by atoms with van der Waals surface area (Å²) in [5, 5.41) is 0. The number of hydrogen-bond donors (Lipinski definition) is 1. The van der Waals surface area contributed by atoms with Gasteiger partial charge in [-0.1, -0.05) is 30.3 Å². The van der Waals surface area contributed by atoms with Crippen LogP contribution in [0.5, 0.6) is 5.75 Å². The molecule has 0 aliphatic carbocycles. The zero-order valence-corrected chi connectivity index (χ0v) is 13.7. The van der Waals surface area contributed by atoms with Crippen LogP contribution < -0.4 is 10.5 Å². The lowest BCUT2D eigenvalue weighted by Gasteiger charge is -2.21. The van der Waals surface area contributed by atoms with E-state index < -0.39 is 0 Å². The Bertz CT molecular complexity index is 772. The summed E-state index contributed by atoms with van der Waals surface area (Å²) in [6.45, 7) is 5.39. The molecule has 0 saturated heterocycles. The molecule has 0 aliphatic rings. The van der Waals surface area contributed by atoms with E-state index in [-0.39, 0.29) is 5.54 Å². The highest BCUT2D eigenvalue weighted by Crippen LogP contribution is 2.19. The van der Waals surface area contributed by atoms with Gasteiger partial charge < -0.3 is 15.0 Å². The van der Waals surface area contributed by atoms with Crippen LogP contribution in [0.4, 0.5) is 0 Å². The summed E-state index contributed by atoms with van der Waals surface area (Å²) in [4.78, 5) is 4.76. The molecule has 2 aromatic carbocycles. The number of hydrogen-bond acceptors (Lipinski definition) is 3. The summed E-state index contributed by atoms with van der Waals surface area (Å²) >= 11 is 0. The van der Waals surface area contributed by atoms with E-state index >= 15 is 0 Å². The van der Waals surface area contributed by atoms with Gasteiger partial charge >= 0.3 is 0 Å². The summed E-state index contributed by atoms with van der Waals surface area (Å²) in [6.07, 6.45) is 0.750. The molecule has 1 heterocycles. The fourth-order valence-corrected chi connectivity index (χ4v) is 2.68. The topological polar surface area (TPSA) is 53.1 Å². The third-order valence-electron chi connectivity index (χ3n) is 3.64. The van der Waals surface area contributed by atoms with Crippen molar-refractivity contribution in [3.05, 3.63) is 60.4 Å². The van der Waals surface area contributed by atoms with Crippen molar-refractivity contribution in [1.29, 1.82) is 0 Å². The van der Waals surface area contributed by atoms with Crippen molar-refractivity contribution < 1.29 is 4.74 Å². The molecule has 0 radical (unpaired) electrons. The van der Waals surface area contributed by atoms with Crippen molar-refractivity contribution in [2.75, 3.05) is 6.61 Å². The van der Waals surface area contributed by atoms with Crippen LogP contribution in [0.3, 0.4) is 0 Å². The van der Waals surface area contributed by atoms with Crippen LogP contribution in [-0.2, 0) is 13.0 Å². The van der Waals surface area contributed by atoms with E-state index in [1.807, 2.05) is 62.4 Å². The quantitative estimate of drug-likeness (QED) is 0.759. The van der Waals surface area contributed by atoms with Gasteiger partial charge in [-0.15, -0.1) is 0 Å². The molecule has 3 aromatic rings. The van der Waals surface area contributed by atoms with Gasteiger partial charge in [-0.3, -0.25) is 0 Å². The van der Waals surface area contributed by atoms with Gasteiger partial charge in [0.15, 0.2) is 0 Å². The summed E-state index contributed by atoms with van der Waals surface area (Å²) in [7, 11) is 0. The Balaban J connectivity index is 1.80. The molecule has 0 atom stereocenters. The molecule has 0 saturated carbocycles. The first-order chi connectivity index (χ1) is 11.0. The molecular weight excluding hydrogens is 286 g/mol. The first-order valence-corrected chi connectivity index (χ1v) is 7.94. The van der Waals surface area contributed by atoms with Gasteiger partial charge in [0.25, 0.3) is 0 Å². The Morgan fingerprint density at radius 2 is 1.74 bits per heavy atom. The maximum Gasteiger partial charge on any atom is 0.119 e. The first-order valence-electron chi connectivity index (χ1n) is 7.94. The smallest absolute Gasteiger partial charge is 0.119 e. The van der Waals surface area contributed by atoms with Gasteiger partial charge in [-0.25, -0.2) is 4.98 Å². The normalized spacial score (nSPS) is 11.8. The lowest BCUT2D eigenvalue weighted by atomic mass is 10.1. The predicted octanol–water partition coefficient (Wildman–Crippen LogP) is 3.40. The number of benzene rings is 2. The standard InChI is InChI=1S/C19H23N3O/c1-19(2,20)14-22-17-11-7-6-10-16(17)21-18(22)12-13-23-15-8-4-3-5-9-15/h3-11H,12-14,20H2,1-2H3. The van der Waals surface area contributed by atoms with Crippen molar-refractivity contribution >= 4 is 11.0 Å². The number of nitrogens with zero attached hydrogens (tertiary/aromatic N) is 2. The molecular formula is C19H23N3O. The van der Waals surface area contributed by atoms with E-state index in [2.05, 4.69) is 10.6 Å². The van der Waals surface area contributed by atoms with Crippen molar-refractivity contribution in [2.45, 2.75) is 32.4 Å². The number of para-hydroxylation sites is 3. The van der Waals surface area contributed by atoms with Gasteiger partial charge in [0.2, 0.25) is 0 Å². The van der Waals surface area contributed by atoms with E-state index in [0.29, 0.717) is 6.61 Å². The maximum atomic E-state index is 6.23. The molecule has 0 unspecified atom stereocenters. The average molecular weight is 309 g/mol. The van der Waals surface area contributed by atoms with Crippen LogP contribution in [0.15, 0.2) is 54.6 Å². The van der Waals surface area contributed by atoms with Crippen LogP contribution in [0.2, 0.25) is 0 Å². The molecule has 1 aromatic heterocycles. The summed E-state index contributed by atoms with van der Waals surface area (Å²) in [5.74, 6) is 1.90. The largest absolute Gasteiger partial charge is 0.493 e. The van der Waals surface area contributed by atoms with Crippen molar-refractivity contribution in [2.24, 2.45) is 5.73 Å². The van der Waals surface area contributed by atoms with Crippen LogP contribution in [0.1, 0.15) is 19.7 Å². The van der Waals surface area contributed by atoms with Gasteiger partial charge in [0.05, 0.1) is 17.6 Å². The fourth-order valence-electron chi connectivity index (χ4n) is 2.68. The third kappa shape index (κ3) is 3.90. The van der Waals surface area contributed by atoms with Crippen LogP contribution in [0, 0.1) is 0 Å². The third-order valence-corrected chi connectivity index (χ3v) is 3.64. The van der Waals surface area contributed by atoms with E-state index in [0.717, 1.165) is 35.6 Å². The monoisotopic (exact) mass is 309 g/mol. The Morgan fingerprint density at radius 3 is 2.48 bits per heavy atom. The van der Waals surface area contributed by atoms with Gasteiger partial charge in [-0.05, 0) is 38.1 Å². The second-order valence-corrected chi connectivity index (χ2v) is 6.50. The van der Waals surface area contributed by atoms with Crippen molar-refractivity contribution in [3.63, 3.8) is 0 Å². The van der Waals surface area contributed by atoms with Crippen LogP contribution >= 0.6 is 0 Å². The van der Waals surface area contributed by atoms with Crippen LogP contribution in [-0.4, -0.2) is 21.7 Å². The van der Waals surface area contributed by atoms with E-state index in [9.17, 15) is 0 Å². The van der Waals surface area contributed by atoms with Crippen LogP contribution in [0.25, 0.3) is 11.0 Å². The van der Waals surface area contributed by atoms with E-state index in [1.165, 1.54) is 0 Å². The van der Waals surface area contributed by atoms with Crippen molar-refractivity contribution in [1.82, 2.24) is 9.55 Å². The minimum atomic E-state index is -0.293. The molecule has 0 fully saturated rings. The maximum absolute atomic E-state index is 6.23. The van der Waals surface area contributed by atoms with E-state index in [1.54, 1.807) is 0 Å². The first kappa shape index (κ1) is 15.6. The minimum absolute atomic E-state index is 0.293. The highest BCUT2D eigenvalue weighted by molar-refractivity contribution is 5.75. The summed E-state index contributed by atoms with van der Waals surface area (Å²) in [5.41, 5.74) is 8.06. The zero-order valence-electron chi connectivity index (χ0n) is 13.7. The number of aromatic nitrogens is 2. The number of nitrogens with two attached hydrogens (primary N) is 1. The highest BCUT2D eigenvalue weighted by atomic mass is 16.5. The Hall–Kier alpha value is -2.33. The summed E-state index contributed by atoms with van der Waals surface area (Å²) in [6, 6.07) is 18.0. The molecule has 0 bridgehead atoms. The number of rotatable bonds is 6. The Labute approximate surface area is 136 Å². The SMILES string of the molecule is CC(C)(N)Cn1c(CCOc2ccccc2)nc2ccccc21. The minimum Gasteiger partial charge on any atom is -0.493 e. The van der Waals surface area contributed by atoms with Gasteiger partial charge in [0.1, 0.15) is 11.6 Å². The lowest BCUT2D eigenvalue weighted by Crippen LogP contribution is -2.37. The molecule has 3 rings (SSSR count). The molecule has 4 heteroatoms. The Kier molecular flexibility index (Phi) is 4.35. The second kappa shape index (κ2) is 6.42. The van der Waals surface area contributed by atoms with E-state index in [4.69, 9.17) is 15.5 Å². The number of imidazole rings is 1. The fraction of sp³-hybridized carbons (Fsp3) is 0.316. The second-order valence-electron chi connectivity index (χ2n) is 6.50. The zero-order chi connectivity index (χ0) is 16.3. The molecule has 0 amide bonds. The molecule has 4 nitrogen and oxygen atoms in total. The molecule has 0 spiro atoms.